The number of rotatable bonds is 6. The van der Waals surface area contributed by atoms with Crippen LogP contribution in [0.2, 0.25) is 0 Å². The van der Waals surface area contributed by atoms with Gasteiger partial charge in [0, 0.05) is 11.7 Å². The first-order valence-electron chi connectivity index (χ1n) is 6.31. The SMILES string of the molecule is CCCC(C)NS(=O)(=O)c1ccc(CC)c(N)c1. The number of sulfonamides is 1. The van der Waals surface area contributed by atoms with Gasteiger partial charge in [-0.15, -0.1) is 0 Å². The van der Waals surface area contributed by atoms with Crippen molar-refractivity contribution >= 4 is 15.7 Å². The van der Waals surface area contributed by atoms with Gasteiger partial charge in [0.05, 0.1) is 4.90 Å². The minimum absolute atomic E-state index is 0.0629. The summed E-state index contributed by atoms with van der Waals surface area (Å²) in [6, 6.07) is 4.84. The first-order chi connectivity index (χ1) is 8.40. The molecule has 0 radical (unpaired) electrons. The Kier molecular flexibility index (Phi) is 5.16. The van der Waals surface area contributed by atoms with Crippen molar-refractivity contribution in [2.45, 2.75) is 51.0 Å². The molecule has 0 spiro atoms. The Morgan fingerprint density at radius 3 is 2.50 bits per heavy atom. The number of hydrogen-bond donors (Lipinski definition) is 2. The highest BCUT2D eigenvalue weighted by atomic mass is 32.2. The van der Waals surface area contributed by atoms with Crippen LogP contribution < -0.4 is 10.5 Å². The molecule has 0 aliphatic carbocycles. The van der Waals surface area contributed by atoms with Crippen LogP contribution in [0.4, 0.5) is 5.69 Å². The number of anilines is 1. The lowest BCUT2D eigenvalue weighted by Crippen LogP contribution is -2.32. The molecular formula is C13H22N2O2S. The molecule has 0 heterocycles. The average molecular weight is 270 g/mol. The maximum atomic E-state index is 12.1. The number of nitrogens with two attached hydrogens (primary N) is 1. The molecule has 1 aromatic carbocycles. The molecule has 0 fully saturated rings. The number of aryl methyl sites for hydroxylation is 1. The maximum absolute atomic E-state index is 12.1. The van der Waals surface area contributed by atoms with Gasteiger partial charge in [-0.2, -0.15) is 0 Å². The summed E-state index contributed by atoms with van der Waals surface area (Å²) >= 11 is 0. The van der Waals surface area contributed by atoms with Gasteiger partial charge in [0.25, 0.3) is 0 Å². The normalized spacial score (nSPS) is 13.5. The number of hydrogen-bond acceptors (Lipinski definition) is 3. The van der Waals surface area contributed by atoms with Crippen molar-refractivity contribution in [2.75, 3.05) is 5.73 Å². The quantitative estimate of drug-likeness (QED) is 0.779. The van der Waals surface area contributed by atoms with Gasteiger partial charge in [0.2, 0.25) is 10.0 Å². The lowest BCUT2D eigenvalue weighted by atomic mass is 10.1. The van der Waals surface area contributed by atoms with E-state index in [-0.39, 0.29) is 10.9 Å². The second kappa shape index (κ2) is 6.20. The predicted octanol–water partition coefficient (Wildman–Crippen LogP) is 2.30. The van der Waals surface area contributed by atoms with E-state index < -0.39 is 10.0 Å². The third-order valence-electron chi connectivity index (χ3n) is 2.89. The van der Waals surface area contributed by atoms with E-state index in [4.69, 9.17) is 5.73 Å². The molecule has 0 aliphatic rings. The van der Waals surface area contributed by atoms with Gasteiger partial charge in [-0.3, -0.25) is 0 Å². The number of nitrogens with one attached hydrogen (secondary N) is 1. The highest BCUT2D eigenvalue weighted by Crippen LogP contribution is 2.19. The maximum Gasteiger partial charge on any atom is 0.240 e. The molecule has 0 bridgehead atoms. The van der Waals surface area contributed by atoms with Gasteiger partial charge >= 0.3 is 0 Å². The summed E-state index contributed by atoms with van der Waals surface area (Å²) in [6.07, 6.45) is 2.56. The second-order valence-electron chi connectivity index (χ2n) is 4.53. The third-order valence-corrected chi connectivity index (χ3v) is 4.47. The first kappa shape index (κ1) is 15.0. The van der Waals surface area contributed by atoms with Crippen LogP contribution in [0.1, 0.15) is 39.2 Å². The molecule has 1 aromatic rings. The largest absolute Gasteiger partial charge is 0.398 e. The summed E-state index contributed by atoms with van der Waals surface area (Å²) in [5, 5.41) is 0. The molecule has 1 atom stereocenters. The van der Waals surface area contributed by atoms with E-state index in [1.807, 2.05) is 20.8 Å². The van der Waals surface area contributed by atoms with E-state index in [2.05, 4.69) is 4.72 Å². The Bertz CT molecular complexity index is 498. The molecule has 0 aromatic heterocycles. The standard InChI is InChI=1S/C13H22N2O2S/c1-4-6-10(3)15-18(16,17)12-8-7-11(5-2)13(14)9-12/h7-10,15H,4-6,14H2,1-3H3. The lowest BCUT2D eigenvalue weighted by Gasteiger charge is -2.14. The fourth-order valence-corrected chi connectivity index (χ4v) is 3.20. The van der Waals surface area contributed by atoms with E-state index >= 15 is 0 Å². The van der Waals surface area contributed by atoms with Crippen LogP contribution in [0, 0.1) is 0 Å². The molecular weight excluding hydrogens is 248 g/mol. The zero-order valence-corrected chi connectivity index (χ0v) is 12.0. The molecule has 0 saturated heterocycles. The summed E-state index contributed by atoms with van der Waals surface area (Å²) in [5.41, 5.74) is 7.32. The van der Waals surface area contributed by atoms with Crippen molar-refractivity contribution in [1.82, 2.24) is 4.72 Å². The highest BCUT2D eigenvalue weighted by Gasteiger charge is 2.17. The van der Waals surface area contributed by atoms with E-state index in [9.17, 15) is 8.42 Å². The number of nitrogen functional groups attached to an aromatic ring is 1. The van der Waals surface area contributed by atoms with Gasteiger partial charge in [-0.1, -0.05) is 26.3 Å². The van der Waals surface area contributed by atoms with Crippen LogP contribution in [0.3, 0.4) is 0 Å². The molecule has 0 amide bonds. The van der Waals surface area contributed by atoms with Crippen molar-refractivity contribution in [3.8, 4) is 0 Å². The summed E-state index contributed by atoms with van der Waals surface area (Å²) < 4.78 is 26.9. The molecule has 5 heteroatoms. The topological polar surface area (TPSA) is 72.2 Å². The van der Waals surface area contributed by atoms with Gasteiger partial charge in [0.1, 0.15) is 0 Å². The van der Waals surface area contributed by atoms with Crippen molar-refractivity contribution in [1.29, 1.82) is 0 Å². The Balaban J connectivity index is 2.95. The van der Waals surface area contributed by atoms with Gasteiger partial charge in [-0.05, 0) is 37.5 Å². The molecule has 0 saturated carbocycles. The lowest BCUT2D eigenvalue weighted by molar-refractivity contribution is 0.544. The molecule has 1 rings (SSSR count). The Labute approximate surface area is 110 Å². The summed E-state index contributed by atoms with van der Waals surface area (Å²) in [7, 11) is -3.46. The van der Waals surface area contributed by atoms with Crippen molar-refractivity contribution in [2.24, 2.45) is 0 Å². The summed E-state index contributed by atoms with van der Waals surface area (Å²) in [5.74, 6) is 0. The molecule has 18 heavy (non-hydrogen) atoms. The number of benzene rings is 1. The van der Waals surface area contributed by atoms with Crippen LogP contribution in [0.5, 0.6) is 0 Å². The molecule has 3 N–H and O–H groups in total. The molecule has 102 valence electrons. The van der Waals surface area contributed by atoms with Gasteiger partial charge < -0.3 is 5.73 Å². The van der Waals surface area contributed by atoms with Crippen LogP contribution >= 0.6 is 0 Å². The average Bonchev–Trinajstić information content (AvgIpc) is 2.28. The van der Waals surface area contributed by atoms with Gasteiger partial charge in [0.15, 0.2) is 0 Å². The van der Waals surface area contributed by atoms with E-state index in [1.54, 1.807) is 12.1 Å². The molecule has 0 aliphatic heterocycles. The monoisotopic (exact) mass is 270 g/mol. The van der Waals surface area contributed by atoms with Crippen LogP contribution in [0.25, 0.3) is 0 Å². The zero-order valence-electron chi connectivity index (χ0n) is 11.2. The van der Waals surface area contributed by atoms with Crippen molar-refractivity contribution < 1.29 is 8.42 Å². The molecule has 1 unspecified atom stereocenters. The van der Waals surface area contributed by atoms with Crippen LogP contribution in [-0.2, 0) is 16.4 Å². The predicted molar refractivity (Wildman–Crippen MR) is 74.9 cm³/mol. The van der Waals surface area contributed by atoms with Crippen molar-refractivity contribution in [3.63, 3.8) is 0 Å². The van der Waals surface area contributed by atoms with Gasteiger partial charge in [-0.25, -0.2) is 13.1 Å². The fraction of sp³-hybridized carbons (Fsp3) is 0.538. The van der Waals surface area contributed by atoms with Crippen LogP contribution in [0.15, 0.2) is 23.1 Å². The fourth-order valence-electron chi connectivity index (χ4n) is 1.89. The first-order valence-corrected chi connectivity index (χ1v) is 7.79. The third kappa shape index (κ3) is 3.71. The molecule has 4 nitrogen and oxygen atoms in total. The minimum Gasteiger partial charge on any atom is -0.398 e. The Hall–Kier alpha value is -1.07. The minimum atomic E-state index is -3.46. The smallest absolute Gasteiger partial charge is 0.240 e. The van der Waals surface area contributed by atoms with Crippen LogP contribution in [-0.4, -0.2) is 14.5 Å². The summed E-state index contributed by atoms with van der Waals surface area (Å²) in [4.78, 5) is 0.236. The highest BCUT2D eigenvalue weighted by molar-refractivity contribution is 7.89. The second-order valence-corrected chi connectivity index (χ2v) is 6.24. The summed E-state index contributed by atoms with van der Waals surface area (Å²) in [6.45, 7) is 5.88. The van der Waals surface area contributed by atoms with Crippen molar-refractivity contribution in [3.05, 3.63) is 23.8 Å². The Morgan fingerprint density at radius 2 is 2.00 bits per heavy atom. The Morgan fingerprint density at radius 1 is 1.33 bits per heavy atom. The van der Waals surface area contributed by atoms with E-state index in [0.717, 1.165) is 24.8 Å². The van der Waals surface area contributed by atoms with E-state index in [1.165, 1.54) is 6.07 Å². The van der Waals surface area contributed by atoms with E-state index in [0.29, 0.717) is 5.69 Å². The zero-order chi connectivity index (χ0) is 13.8.